The number of carboxylic acid groups (broad SMARTS) is 1. The van der Waals surface area contributed by atoms with Gasteiger partial charge in [0.2, 0.25) is 0 Å². The summed E-state index contributed by atoms with van der Waals surface area (Å²) in [5, 5.41) is 7.12. The summed E-state index contributed by atoms with van der Waals surface area (Å²) in [7, 11) is 1.65. The molecule has 1 saturated heterocycles. The summed E-state index contributed by atoms with van der Waals surface area (Å²) in [5.41, 5.74) is 5.37. The van der Waals surface area contributed by atoms with Crippen molar-refractivity contribution >= 4 is 11.9 Å². The van der Waals surface area contributed by atoms with E-state index >= 15 is 0 Å². The highest BCUT2D eigenvalue weighted by molar-refractivity contribution is 5.73. The number of nitrogens with two attached hydrogens (primary N) is 1. The standard InChI is InChI=1S/C19H35NO4.C2HF3O2/c1-4-5-6-7-8-9-10-11-12-16-19(24-17(21)13-20)18(22-3)15(2)14-23-16;3-2(4,5)1(6)7/h11-12,15-16,18-19H,4-10,13-14,20H2,1-3H3;(H,6,7)/t15-,16-,18-,19-;/m0./s1. The number of allylic oxidation sites excluding steroid dienone is 1. The number of hydrogen-bond acceptors (Lipinski definition) is 6. The van der Waals surface area contributed by atoms with E-state index < -0.39 is 24.2 Å². The number of methoxy groups -OCH3 is 1. The lowest BCUT2D eigenvalue weighted by molar-refractivity contribution is -0.192. The molecule has 3 N–H and O–H groups in total. The van der Waals surface area contributed by atoms with Gasteiger partial charge in [0.1, 0.15) is 12.2 Å². The first-order chi connectivity index (χ1) is 14.6. The van der Waals surface area contributed by atoms with Crippen molar-refractivity contribution in [2.45, 2.75) is 83.3 Å². The molecule has 7 nitrogen and oxygen atoms in total. The number of aliphatic carboxylic acids is 1. The van der Waals surface area contributed by atoms with Crippen molar-refractivity contribution in [3.63, 3.8) is 0 Å². The van der Waals surface area contributed by atoms with Crippen LogP contribution in [0.4, 0.5) is 13.2 Å². The molecular formula is C21H36F3NO6. The van der Waals surface area contributed by atoms with Crippen molar-refractivity contribution in [1.82, 2.24) is 0 Å². The van der Waals surface area contributed by atoms with E-state index in [1.807, 2.05) is 13.0 Å². The van der Waals surface area contributed by atoms with Gasteiger partial charge in [0.05, 0.1) is 13.2 Å². The van der Waals surface area contributed by atoms with Crippen molar-refractivity contribution in [3.8, 4) is 0 Å². The third kappa shape index (κ3) is 12.7. The van der Waals surface area contributed by atoms with Gasteiger partial charge in [-0.05, 0) is 12.8 Å². The third-order valence-electron chi connectivity index (χ3n) is 4.76. The number of hydrogen-bond donors (Lipinski definition) is 2. The number of esters is 1. The number of halogens is 3. The molecule has 31 heavy (non-hydrogen) atoms. The number of alkyl halides is 3. The number of carbonyl (C=O) groups excluding carboxylic acids is 1. The molecule has 1 aliphatic heterocycles. The molecule has 1 fully saturated rings. The number of ether oxygens (including phenoxy) is 3. The van der Waals surface area contributed by atoms with Gasteiger partial charge in [0, 0.05) is 13.0 Å². The van der Waals surface area contributed by atoms with Crippen LogP contribution in [0.2, 0.25) is 0 Å². The molecule has 0 aromatic carbocycles. The Hall–Kier alpha value is -1.65. The van der Waals surface area contributed by atoms with Crippen LogP contribution in [-0.2, 0) is 23.8 Å². The zero-order valence-electron chi connectivity index (χ0n) is 18.5. The molecule has 0 amide bonds. The van der Waals surface area contributed by atoms with Crippen LogP contribution >= 0.6 is 0 Å². The SMILES string of the molecule is CCCCCCCCC=C[C@@H]1OC[C@H](C)[C@H](OC)[C@H]1OC(=O)CN.O=C(O)C(F)(F)F. The quantitative estimate of drug-likeness (QED) is 0.277. The van der Waals surface area contributed by atoms with Gasteiger partial charge in [-0.3, -0.25) is 4.79 Å². The minimum Gasteiger partial charge on any atom is -0.475 e. The van der Waals surface area contributed by atoms with Crippen LogP contribution in [-0.4, -0.2) is 61.8 Å². The largest absolute Gasteiger partial charge is 0.490 e. The number of carboxylic acids is 1. The van der Waals surface area contributed by atoms with Gasteiger partial charge in [-0.2, -0.15) is 13.2 Å². The smallest absolute Gasteiger partial charge is 0.475 e. The average Bonchev–Trinajstić information content (AvgIpc) is 2.71. The van der Waals surface area contributed by atoms with E-state index in [1.165, 1.54) is 38.5 Å². The second kappa shape index (κ2) is 16.0. The maximum absolute atomic E-state index is 11.6. The summed E-state index contributed by atoms with van der Waals surface area (Å²) >= 11 is 0. The summed E-state index contributed by atoms with van der Waals surface area (Å²) < 4.78 is 48.6. The van der Waals surface area contributed by atoms with Crippen LogP contribution in [0.5, 0.6) is 0 Å². The fraction of sp³-hybridized carbons (Fsp3) is 0.810. The number of carbonyl (C=O) groups is 2. The molecule has 0 aliphatic carbocycles. The van der Waals surface area contributed by atoms with Gasteiger partial charge >= 0.3 is 18.1 Å². The van der Waals surface area contributed by atoms with E-state index in [9.17, 15) is 18.0 Å². The molecule has 0 unspecified atom stereocenters. The number of rotatable bonds is 11. The lowest BCUT2D eigenvalue weighted by Crippen LogP contribution is -2.52. The zero-order chi connectivity index (χ0) is 23.9. The predicted molar refractivity (Wildman–Crippen MR) is 109 cm³/mol. The Balaban J connectivity index is 0.00000110. The van der Waals surface area contributed by atoms with Crippen molar-refractivity contribution in [1.29, 1.82) is 0 Å². The minimum absolute atomic E-state index is 0.129. The van der Waals surface area contributed by atoms with E-state index in [1.54, 1.807) is 7.11 Å². The van der Waals surface area contributed by atoms with Gasteiger partial charge in [-0.1, -0.05) is 58.1 Å². The Morgan fingerprint density at radius 1 is 1.16 bits per heavy atom. The highest BCUT2D eigenvalue weighted by Crippen LogP contribution is 2.26. The molecule has 182 valence electrons. The van der Waals surface area contributed by atoms with Crippen molar-refractivity contribution in [3.05, 3.63) is 12.2 Å². The van der Waals surface area contributed by atoms with Crippen molar-refractivity contribution < 1.29 is 42.1 Å². The second-order valence-corrected chi connectivity index (χ2v) is 7.42. The van der Waals surface area contributed by atoms with Gasteiger partial charge in [-0.25, -0.2) is 4.79 Å². The topological polar surface area (TPSA) is 108 Å². The van der Waals surface area contributed by atoms with Crippen LogP contribution < -0.4 is 5.73 Å². The maximum Gasteiger partial charge on any atom is 0.490 e. The molecule has 0 bridgehead atoms. The molecule has 1 heterocycles. The molecule has 0 radical (unpaired) electrons. The summed E-state index contributed by atoms with van der Waals surface area (Å²) in [5.74, 6) is -3.00. The fourth-order valence-corrected chi connectivity index (χ4v) is 3.10. The van der Waals surface area contributed by atoms with Crippen molar-refractivity contribution in [2.75, 3.05) is 20.3 Å². The minimum atomic E-state index is -5.08. The first kappa shape index (κ1) is 29.4. The lowest BCUT2D eigenvalue weighted by atomic mass is 9.93. The summed E-state index contributed by atoms with van der Waals surface area (Å²) in [6.07, 6.45) is 6.92. The first-order valence-electron chi connectivity index (χ1n) is 10.6. The van der Waals surface area contributed by atoms with E-state index in [0.29, 0.717) is 6.61 Å². The lowest BCUT2D eigenvalue weighted by Gasteiger charge is -2.39. The normalized spacial score (nSPS) is 23.8. The monoisotopic (exact) mass is 455 g/mol. The maximum atomic E-state index is 11.6. The van der Waals surface area contributed by atoms with Gasteiger partial charge in [0.25, 0.3) is 0 Å². The van der Waals surface area contributed by atoms with Crippen LogP contribution in [0.1, 0.15) is 58.8 Å². The Morgan fingerprint density at radius 2 is 1.74 bits per heavy atom. The predicted octanol–water partition coefficient (Wildman–Crippen LogP) is 3.85. The van der Waals surface area contributed by atoms with E-state index in [2.05, 4.69) is 13.0 Å². The molecule has 0 saturated carbocycles. The first-order valence-corrected chi connectivity index (χ1v) is 10.6. The van der Waals surface area contributed by atoms with Gasteiger partial charge < -0.3 is 25.1 Å². The summed E-state index contributed by atoms with van der Waals surface area (Å²) in [4.78, 5) is 20.5. The van der Waals surface area contributed by atoms with E-state index in [0.717, 1.165) is 6.42 Å². The Bertz CT molecular complexity index is 542. The Morgan fingerprint density at radius 3 is 2.26 bits per heavy atom. The van der Waals surface area contributed by atoms with Crippen LogP contribution in [0.3, 0.4) is 0 Å². The molecule has 0 aromatic rings. The van der Waals surface area contributed by atoms with E-state index in [4.69, 9.17) is 29.8 Å². The highest BCUT2D eigenvalue weighted by atomic mass is 19.4. The van der Waals surface area contributed by atoms with Crippen LogP contribution in [0.25, 0.3) is 0 Å². The molecule has 10 heteroatoms. The molecule has 0 spiro atoms. The zero-order valence-corrected chi connectivity index (χ0v) is 18.5. The molecular weight excluding hydrogens is 419 g/mol. The van der Waals surface area contributed by atoms with Gasteiger partial charge in [-0.15, -0.1) is 0 Å². The fourth-order valence-electron chi connectivity index (χ4n) is 3.10. The third-order valence-corrected chi connectivity index (χ3v) is 4.76. The van der Waals surface area contributed by atoms with Crippen LogP contribution in [0.15, 0.2) is 12.2 Å². The summed E-state index contributed by atoms with van der Waals surface area (Å²) in [6.45, 7) is 4.74. The molecule has 1 aliphatic rings. The Kier molecular flexibility index (Phi) is 15.2. The van der Waals surface area contributed by atoms with Crippen molar-refractivity contribution in [2.24, 2.45) is 11.7 Å². The molecule has 0 aromatic heterocycles. The van der Waals surface area contributed by atoms with Crippen LogP contribution in [0, 0.1) is 5.92 Å². The molecule has 1 rings (SSSR count). The Labute approximate surface area is 182 Å². The molecule has 4 atom stereocenters. The second-order valence-electron chi connectivity index (χ2n) is 7.42. The van der Waals surface area contributed by atoms with E-state index in [-0.39, 0.29) is 24.7 Å². The average molecular weight is 456 g/mol. The van der Waals surface area contributed by atoms with Gasteiger partial charge in [0.15, 0.2) is 6.10 Å². The highest BCUT2D eigenvalue weighted by Gasteiger charge is 2.40. The number of unbranched alkanes of at least 4 members (excludes halogenated alkanes) is 6. The summed E-state index contributed by atoms with van der Waals surface area (Å²) in [6, 6.07) is 0.